The van der Waals surface area contributed by atoms with Gasteiger partial charge in [-0.25, -0.2) is 0 Å². The molecule has 0 aromatic heterocycles. The summed E-state index contributed by atoms with van der Waals surface area (Å²) >= 11 is 0. The van der Waals surface area contributed by atoms with E-state index < -0.39 is 0 Å². The van der Waals surface area contributed by atoms with Gasteiger partial charge in [-0.3, -0.25) is 0 Å². The molecule has 0 saturated heterocycles. The van der Waals surface area contributed by atoms with E-state index in [1.54, 1.807) is 6.08 Å². The third-order valence-corrected chi connectivity index (χ3v) is 0.167. The third kappa shape index (κ3) is 257. The second-order valence-corrected chi connectivity index (χ2v) is 2.26. The van der Waals surface area contributed by atoms with Crippen LogP contribution in [0.2, 0.25) is 0 Å². The first-order valence-electron chi connectivity index (χ1n) is 2.96. The van der Waals surface area contributed by atoms with Gasteiger partial charge in [0.2, 0.25) is 0 Å². The van der Waals surface area contributed by atoms with Gasteiger partial charge < -0.3 is 5.73 Å². The van der Waals surface area contributed by atoms with Crippen LogP contribution >= 0.6 is 0 Å². The molecule has 2 N–H and O–H groups in total. The highest BCUT2D eigenvalue weighted by molar-refractivity contribution is 4.64. The van der Waals surface area contributed by atoms with E-state index in [4.69, 9.17) is 5.73 Å². The molecular formula is C7H17N. The van der Waals surface area contributed by atoms with Gasteiger partial charge in [0.25, 0.3) is 0 Å². The van der Waals surface area contributed by atoms with Gasteiger partial charge in [-0.05, 0) is 5.92 Å². The lowest BCUT2D eigenvalue weighted by atomic mass is 10.3. The van der Waals surface area contributed by atoms with Gasteiger partial charge in [0.15, 0.2) is 0 Å². The van der Waals surface area contributed by atoms with Crippen LogP contribution in [0.4, 0.5) is 0 Å². The van der Waals surface area contributed by atoms with Crippen LogP contribution in [0.25, 0.3) is 0 Å². The molecule has 0 aliphatic heterocycles. The van der Waals surface area contributed by atoms with Crippen molar-refractivity contribution in [3.8, 4) is 0 Å². The number of rotatable bonds is 1. The number of nitrogens with two attached hydrogens (primary N) is 1. The Morgan fingerprint density at radius 1 is 1.50 bits per heavy atom. The minimum absolute atomic E-state index is 0.583. The maximum Gasteiger partial charge on any atom is 0.0104 e. The van der Waals surface area contributed by atoms with Gasteiger partial charge in [-0.2, -0.15) is 0 Å². The maximum absolute atomic E-state index is 4.91. The SMILES string of the molecule is C=CCN.CC(C)C. The van der Waals surface area contributed by atoms with Gasteiger partial charge in [0, 0.05) is 6.54 Å². The summed E-state index contributed by atoms with van der Waals surface area (Å²) in [7, 11) is 0. The molecule has 0 aliphatic carbocycles. The van der Waals surface area contributed by atoms with Crippen LogP contribution < -0.4 is 5.73 Å². The molecule has 50 valence electrons. The van der Waals surface area contributed by atoms with Gasteiger partial charge in [-0.15, -0.1) is 6.58 Å². The van der Waals surface area contributed by atoms with Crippen LogP contribution in [-0.4, -0.2) is 6.54 Å². The highest BCUT2D eigenvalue weighted by Gasteiger charge is 1.68. The summed E-state index contributed by atoms with van der Waals surface area (Å²) < 4.78 is 0. The molecule has 0 rings (SSSR count). The molecule has 0 heterocycles. The minimum atomic E-state index is 0.583. The molecule has 0 saturated carbocycles. The Morgan fingerprint density at radius 3 is 1.62 bits per heavy atom. The van der Waals surface area contributed by atoms with Gasteiger partial charge in [-0.1, -0.05) is 26.8 Å². The van der Waals surface area contributed by atoms with Crippen molar-refractivity contribution in [1.29, 1.82) is 0 Å². The average Bonchev–Trinajstić information content (AvgIpc) is 1.65. The number of hydrogen-bond donors (Lipinski definition) is 1. The summed E-state index contributed by atoms with van der Waals surface area (Å²) in [5.41, 5.74) is 4.91. The van der Waals surface area contributed by atoms with Crippen LogP contribution in [-0.2, 0) is 0 Å². The summed E-state index contributed by atoms with van der Waals surface area (Å²) in [6, 6.07) is 0. The Balaban J connectivity index is 0. The van der Waals surface area contributed by atoms with E-state index in [-0.39, 0.29) is 0 Å². The Kier molecular flexibility index (Phi) is 13.1. The molecule has 0 fully saturated rings. The quantitative estimate of drug-likeness (QED) is 0.518. The van der Waals surface area contributed by atoms with Crippen molar-refractivity contribution in [2.45, 2.75) is 20.8 Å². The van der Waals surface area contributed by atoms with Crippen LogP contribution in [0.5, 0.6) is 0 Å². The lowest BCUT2D eigenvalue weighted by Crippen LogP contribution is -1.90. The van der Waals surface area contributed by atoms with E-state index in [9.17, 15) is 0 Å². The normalized spacial score (nSPS) is 7.62. The molecule has 1 nitrogen and oxygen atoms in total. The van der Waals surface area contributed by atoms with Crippen molar-refractivity contribution in [2.24, 2.45) is 11.7 Å². The Labute approximate surface area is 52.6 Å². The fraction of sp³-hybridized carbons (Fsp3) is 0.714. The van der Waals surface area contributed by atoms with Crippen molar-refractivity contribution < 1.29 is 0 Å². The van der Waals surface area contributed by atoms with E-state index in [1.807, 2.05) is 0 Å². The fourth-order valence-corrected chi connectivity index (χ4v) is 0. The van der Waals surface area contributed by atoms with Gasteiger partial charge in [0.05, 0.1) is 0 Å². The van der Waals surface area contributed by atoms with Gasteiger partial charge >= 0.3 is 0 Å². The lowest BCUT2D eigenvalue weighted by molar-refractivity contribution is 0.737. The molecule has 1 heteroatoms. The lowest BCUT2D eigenvalue weighted by Gasteiger charge is -1.79. The minimum Gasteiger partial charge on any atom is -0.327 e. The first kappa shape index (κ1) is 10.6. The third-order valence-electron chi connectivity index (χ3n) is 0.167. The second kappa shape index (κ2) is 9.85. The van der Waals surface area contributed by atoms with E-state index in [1.165, 1.54) is 0 Å². The first-order chi connectivity index (χ1) is 3.65. The largest absolute Gasteiger partial charge is 0.327 e. The predicted molar refractivity (Wildman–Crippen MR) is 39.8 cm³/mol. The van der Waals surface area contributed by atoms with E-state index in [0.29, 0.717) is 6.54 Å². The maximum atomic E-state index is 4.91. The van der Waals surface area contributed by atoms with Crippen molar-refractivity contribution in [2.75, 3.05) is 6.54 Å². The van der Waals surface area contributed by atoms with Gasteiger partial charge in [0.1, 0.15) is 0 Å². The Hall–Kier alpha value is -0.300. The van der Waals surface area contributed by atoms with Crippen LogP contribution in [0, 0.1) is 5.92 Å². The molecule has 0 bridgehead atoms. The first-order valence-corrected chi connectivity index (χ1v) is 2.96. The predicted octanol–water partition coefficient (Wildman–Crippen LogP) is 1.79. The highest BCUT2D eigenvalue weighted by Crippen LogP contribution is 1.81. The molecule has 0 unspecified atom stereocenters. The summed E-state index contributed by atoms with van der Waals surface area (Å²) in [5, 5.41) is 0. The second-order valence-electron chi connectivity index (χ2n) is 2.26. The van der Waals surface area contributed by atoms with Crippen LogP contribution in [0.15, 0.2) is 12.7 Å². The molecule has 0 aromatic carbocycles. The smallest absolute Gasteiger partial charge is 0.0104 e. The van der Waals surface area contributed by atoms with E-state index in [2.05, 4.69) is 27.4 Å². The topological polar surface area (TPSA) is 26.0 Å². The monoisotopic (exact) mass is 115 g/mol. The molecule has 0 radical (unpaired) electrons. The highest BCUT2D eigenvalue weighted by atomic mass is 14.5. The van der Waals surface area contributed by atoms with Crippen molar-refractivity contribution in [1.82, 2.24) is 0 Å². The molecule has 0 amide bonds. The van der Waals surface area contributed by atoms with E-state index >= 15 is 0 Å². The molecular weight excluding hydrogens is 98.1 g/mol. The Morgan fingerprint density at radius 2 is 1.62 bits per heavy atom. The van der Waals surface area contributed by atoms with Crippen molar-refractivity contribution in [3.63, 3.8) is 0 Å². The summed E-state index contributed by atoms with van der Waals surface area (Å²) in [6.45, 7) is 10.4. The zero-order valence-corrected chi connectivity index (χ0v) is 6.15. The standard InChI is InChI=1S/C4H10.C3H7N/c1-4(2)3;1-2-3-4/h4H,1-3H3;2H,1,3-4H2. The summed E-state index contributed by atoms with van der Waals surface area (Å²) in [5.74, 6) is 0.833. The number of hydrogen-bond acceptors (Lipinski definition) is 1. The van der Waals surface area contributed by atoms with Crippen LogP contribution in [0.3, 0.4) is 0 Å². The summed E-state index contributed by atoms with van der Waals surface area (Å²) in [4.78, 5) is 0. The molecule has 0 aliphatic rings. The van der Waals surface area contributed by atoms with Crippen molar-refractivity contribution >= 4 is 0 Å². The molecule has 0 aromatic rings. The molecule has 8 heavy (non-hydrogen) atoms. The van der Waals surface area contributed by atoms with E-state index in [0.717, 1.165) is 5.92 Å². The average molecular weight is 115 g/mol. The zero-order valence-electron chi connectivity index (χ0n) is 6.15. The van der Waals surface area contributed by atoms with Crippen LogP contribution in [0.1, 0.15) is 20.8 Å². The Bertz CT molecular complexity index is 36.9. The molecule has 0 atom stereocenters. The fourth-order valence-electron chi connectivity index (χ4n) is 0. The molecule has 0 spiro atoms. The van der Waals surface area contributed by atoms with Crippen molar-refractivity contribution in [3.05, 3.63) is 12.7 Å². The zero-order chi connectivity index (χ0) is 6.99. The summed E-state index contributed by atoms with van der Waals surface area (Å²) in [6.07, 6.45) is 1.65.